The third-order valence-corrected chi connectivity index (χ3v) is 3.11. The van der Waals surface area contributed by atoms with Gasteiger partial charge in [-0.1, -0.05) is 0 Å². The molecule has 1 fully saturated rings. The third kappa shape index (κ3) is 3.46. The van der Waals surface area contributed by atoms with E-state index in [1.807, 2.05) is 0 Å². The molecule has 94 valence electrons. The van der Waals surface area contributed by atoms with E-state index in [-0.39, 0.29) is 12.6 Å². The molecule has 17 heavy (non-hydrogen) atoms. The van der Waals surface area contributed by atoms with Gasteiger partial charge in [-0.25, -0.2) is 8.78 Å². The fraction of sp³-hybridized carbons (Fsp3) is 0.538. The first-order valence-corrected chi connectivity index (χ1v) is 5.90. The molecule has 1 nitrogen and oxygen atoms in total. The predicted octanol–water partition coefficient (Wildman–Crippen LogP) is 2.80. The van der Waals surface area contributed by atoms with Crippen LogP contribution in [-0.4, -0.2) is 31.2 Å². The van der Waals surface area contributed by atoms with Gasteiger partial charge in [0.25, 0.3) is 0 Å². The van der Waals surface area contributed by atoms with Crippen LogP contribution >= 0.6 is 0 Å². The van der Waals surface area contributed by atoms with Crippen molar-refractivity contribution in [2.45, 2.75) is 12.8 Å². The molecule has 0 aromatic heterocycles. The fourth-order valence-corrected chi connectivity index (χ4v) is 2.22. The zero-order valence-electron chi connectivity index (χ0n) is 9.63. The summed E-state index contributed by atoms with van der Waals surface area (Å²) in [6.07, 6.45) is 1.51. The summed E-state index contributed by atoms with van der Waals surface area (Å²) >= 11 is 0. The lowest BCUT2D eigenvalue weighted by Gasteiger charge is -2.37. The third-order valence-electron chi connectivity index (χ3n) is 3.11. The second-order valence-electron chi connectivity index (χ2n) is 4.66. The van der Waals surface area contributed by atoms with Crippen LogP contribution in [0, 0.1) is 17.6 Å². The van der Waals surface area contributed by atoms with E-state index in [2.05, 4.69) is 4.90 Å². The molecule has 1 aromatic carbocycles. The quantitative estimate of drug-likeness (QED) is 0.768. The minimum absolute atomic E-state index is 0.196. The Bertz CT molecular complexity index is 355. The highest BCUT2D eigenvalue weighted by atomic mass is 19.1. The lowest BCUT2D eigenvalue weighted by atomic mass is 10.0. The Morgan fingerprint density at radius 3 is 2.35 bits per heavy atom. The Morgan fingerprint density at radius 2 is 1.76 bits per heavy atom. The maximum Gasteiger partial charge on any atom is 0.126 e. The maximum absolute atomic E-state index is 12.9. The van der Waals surface area contributed by atoms with E-state index in [1.54, 1.807) is 0 Å². The number of hydrogen-bond acceptors (Lipinski definition) is 1. The predicted molar refractivity (Wildman–Crippen MR) is 60.6 cm³/mol. The Kier molecular flexibility index (Phi) is 4.05. The second-order valence-corrected chi connectivity index (χ2v) is 4.66. The average Bonchev–Trinajstić information content (AvgIpc) is 2.20. The van der Waals surface area contributed by atoms with Crippen molar-refractivity contribution < 1.29 is 13.2 Å². The van der Waals surface area contributed by atoms with Crippen molar-refractivity contribution >= 4 is 0 Å². The molecule has 0 N–H and O–H groups in total. The summed E-state index contributed by atoms with van der Waals surface area (Å²) in [5.41, 5.74) is 0.685. The number of rotatable bonds is 5. The smallest absolute Gasteiger partial charge is 0.126 e. The van der Waals surface area contributed by atoms with Crippen molar-refractivity contribution in [1.29, 1.82) is 0 Å². The molecule has 2 rings (SSSR count). The van der Waals surface area contributed by atoms with E-state index in [0.29, 0.717) is 12.0 Å². The van der Waals surface area contributed by atoms with Gasteiger partial charge in [-0.3, -0.25) is 4.39 Å². The molecule has 0 radical (unpaired) electrons. The van der Waals surface area contributed by atoms with Gasteiger partial charge in [0.1, 0.15) is 11.6 Å². The molecule has 0 saturated carbocycles. The van der Waals surface area contributed by atoms with E-state index in [0.717, 1.165) is 32.1 Å². The zero-order chi connectivity index (χ0) is 12.3. The van der Waals surface area contributed by atoms with E-state index in [9.17, 15) is 13.2 Å². The van der Waals surface area contributed by atoms with Crippen LogP contribution in [-0.2, 0) is 6.42 Å². The fourth-order valence-electron chi connectivity index (χ4n) is 2.22. The second kappa shape index (κ2) is 5.54. The molecule has 0 spiro atoms. The van der Waals surface area contributed by atoms with Crippen LogP contribution in [0.15, 0.2) is 18.2 Å². The van der Waals surface area contributed by atoms with Crippen molar-refractivity contribution in [2.75, 3.05) is 26.3 Å². The van der Waals surface area contributed by atoms with Crippen molar-refractivity contribution in [2.24, 2.45) is 5.92 Å². The van der Waals surface area contributed by atoms with Gasteiger partial charge in [-0.2, -0.15) is 0 Å². The van der Waals surface area contributed by atoms with Crippen LogP contribution in [0.25, 0.3) is 0 Å². The first-order chi connectivity index (χ1) is 8.17. The van der Waals surface area contributed by atoms with Crippen LogP contribution in [0.4, 0.5) is 13.2 Å². The van der Waals surface area contributed by atoms with Crippen LogP contribution < -0.4 is 0 Å². The zero-order valence-corrected chi connectivity index (χ0v) is 9.63. The maximum atomic E-state index is 12.9. The molecular formula is C13H16F3N. The van der Waals surface area contributed by atoms with Gasteiger partial charge in [0, 0.05) is 25.1 Å². The summed E-state index contributed by atoms with van der Waals surface area (Å²) in [6, 6.07) is 3.61. The van der Waals surface area contributed by atoms with Gasteiger partial charge in [-0.15, -0.1) is 0 Å². The monoisotopic (exact) mass is 243 g/mol. The molecule has 1 saturated heterocycles. The largest absolute Gasteiger partial charge is 0.302 e. The van der Waals surface area contributed by atoms with Gasteiger partial charge in [0.2, 0.25) is 0 Å². The number of halogens is 3. The number of benzene rings is 1. The molecule has 4 heteroatoms. The highest BCUT2D eigenvalue weighted by Crippen LogP contribution is 2.17. The Balaban J connectivity index is 1.71. The summed E-state index contributed by atoms with van der Waals surface area (Å²) in [4.78, 5) is 2.17. The summed E-state index contributed by atoms with van der Waals surface area (Å²) in [7, 11) is 0. The van der Waals surface area contributed by atoms with E-state index in [4.69, 9.17) is 0 Å². The topological polar surface area (TPSA) is 3.24 Å². The molecule has 0 amide bonds. The molecule has 1 aromatic rings. The van der Waals surface area contributed by atoms with Crippen LogP contribution in [0.5, 0.6) is 0 Å². The van der Waals surface area contributed by atoms with E-state index < -0.39 is 11.6 Å². The van der Waals surface area contributed by atoms with Crippen LogP contribution in [0.3, 0.4) is 0 Å². The standard InChI is InChI=1S/C13H16F3N/c14-7-11-8-17(9-11)3-1-2-10-4-12(15)6-13(16)5-10/h4-6,11H,1-3,7-9H2. The van der Waals surface area contributed by atoms with Crippen molar-refractivity contribution in [3.63, 3.8) is 0 Å². The molecule has 1 aliphatic rings. The Morgan fingerprint density at radius 1 is 1.12 bits per heavy atom. The van der Waals surface area contributed by atoms with Gasteiger partial charge in [0.05, 0.1) is 6.67 Å². The SMILES string of the molecule is FCC1CN(CCCc2cc(F)cc(F)c2)C1. The van der Waals surface area contributed by atoms with E-state index in [1.165, 1.54) is 12.1 Å². The molecule has 0 bridgehead atoms. The highest BCUT2D eigenvalue weighted by molar-refractivity contribution is 5.17. The average molecular weight is 243 g/mol. The van der Waals surface area contributed by atoms with Crippen LogP contribution in [0.2, 0.25) is 0 Å². The van der Waals surface area contributed by atoms with Crippen LogP contribution in [0.1, 0.15) is 12.0 Å². The summed E-state index contributed by atoms with van der Waals surface area (Å²) in [6.45, 7) is 2.25. The first-order valence-electron chi connectivity index (χ1n) is 5.90. The summed E-state index contributed by atoms with van der Waals surface area (Å²) in [5, 5.41) is 0. The number of alkyl halides is 1. The molecule has 0 atom stereocenters. The van der Waals surface area contributed by atoms with Crippen molar-refractivity contribution in [3.05, 3.63) is 35.4 Å². The molecule has 0 unspecified atom stereocenters. The lowest BCUT2D eigenvalue weighted by Crippen LogP contribution is -2.47. The van der Waals surface area contributed by atoms with Gasteiger partial charge < -0.3 is 4.90 Å². The van der Waals surface area contributed by atoms with Gasteiger partial charge >= 0.3 is 0 Å². The minimum Gasteiger partial charge on any atom is -0.302 e. The Labute approximate surface area is 99.2 Å². The lowest BCUT2D eigenvalue weighted by molar-refractivity contribution is 0.0801. The summed E-state index contributed by atoms with van der Waals surface area (Å²) < 4.78 is 38.0. The number of likely N-dealkylation sites (tertiary alicyclic amines) is 1. The van der Waals surface area contributed by atoms with Crippen molar-refractivity contribution in [1.82, 2.24) is 4.90 Å². The highest BCUT2D eigenvalue weighted by Gasteiger charge is 2.25. The number of hydrogen-bond donors (Lipinski definition) is 0. The van der Waals surface area contributed by atoms with E-state index >= 15 is 0 Å². The van der Waals surface area contributed by atoms with Crippen molar-refractivity contribution in [3.8, 4) is 0 Å². The van der Waals surface area contributed by atoms with Gasteiger partial charge in [0.15, 0.2) is 0 Å². The molecular weight excluding hydrogens is 227 g/mol. The minimum atomic E-state index is -0.526. The summed E-state index contributed by atoms with van der Waals surface area (Å²) in [5.74, 6) is -0.857. The number of aryl methyl sites for hydroxylation is 1. The molecule has 1 heterocycles. The van der Waals surface area contributed by atoms with Gasteiger partial charge in [-0.05, 0) is 37.1 Å². The molecule has 0 aliphatic carbocycles. The first kappa shape index (κ1) is 12.4. The Hall–Kier alpha value is -1.03. The normalized spacial score (nSPS) is 17.1. The molecule has 1 aliphatic heterocycles. The number of nitrogens with zero attached hydrogens (tertiary/aromatic N) is 1.